The van der Waals surface area contributed by atoms with Gasteiger partial charge in [-0.2, -0.15) is 4.98 Å². The molecule has 3 heterocycles. The fourth-order valence-electron chi connectivity index (χ4n) is 2.90. The summed E-state index contributed by atoms with van der Waals surface area (Å²) in [4.78, 5) is 25.0. The zero-order chi connectivity index (χ0) is 21.1. The number of Topliss-reactive ketones (excluding diaryl/α,β-unsaturated/α-hetero) is 1. The van der Waals surface area contributed by atoms with Crippen LogP contribution in [0.3, 0.4) is 0 Å². The quantitative estimate of drug-likeness (QED) is 0.462. The Morgan fingerprint density at radius 2 is 1.80 bits per heavy atom. The first-order valence-electron chi connectivity index (χ1n) is 8.89. The second kappa shape index (κ2) is 7.94. The summed E-state index contributed by atoms with van der Waals surface area (Å²) >= 11 is 0. The Labute approximate surface area is 168 Å². The van der Waals surface area contributed by atoms with Crippen molar-refractivity contribution >= 4 is 17.0 Å². The monoisotopic (exact) mass is 413 g/mol. The molecule has 1 aromatic carbocycles. The summed E-state index contributed by atoms with van der Waals surface area (Å²) in [6.45, 7) is 0. The highest BCUT2D eigenvalue weighted by Gasteiger charge is 2.30. The second-order valence-electron chi connectivity index (χ2n) is 6.46. The molecule has 6 nitrogen and oxygen atoms in total. The highest BCUT2D eigenvalue weighted by Crippen LogP contribution is 2.24. The van der Waals surface area contributed by atoms with E-state index in [0.717, 1.165) is 0 Å². The summed E-state index contributed by atoms with van der Waals surface area (Å²) < 4.78 is 46.1. The molecule has 0 aliphatic rings. The van der Waals surface area contributed by atoms with Gasteiger partial charge in [-0.1, -0.05) is 12.1 Å². The third-order valence-electron chi connectivity index (χ3n) is 4.16. The van der Waals surface area contributed by atoms with Crippen LogP contribution in [0, 0.1) is 0 Å². The van der Waals surface area contributed by atoms with Crippen molar-refractivity contribution < 1.29 is 27.1 Å². The fraction of sp³-hybridized carbons (Fsp3) is 0.143. The lowest BCUT2D eigenvalue weighted by Crippen LogP contribution is -2.17. The van der Waals surface area contributed by atoms with Gasteiger partial charge in [-0.25, -0.2) is 4.98 Å². The van der Waals surface area contributed by atoms with Crippen LogP contribution in [0.15, 0.2) is 65.3 Å². The lowest BCUT2D eigenvalue weighted by molar-refractivity contribution is -0.274. The van der Waals surface area contributed by atoms with Crippen LogP contribution in [-0.4, -0.2) is 27.1 Å². The molecule has 0 fully saturated rings. The largest absolute Gasteiger partial charge is 0.573 e. The third-order valence-corrected chi connectivity index (χ3v) is 4.16. The van der Waals surface area contributed by atoms with Crippen LogP contribution in [0.1, 0.15) is 11.3 Å². The number of hydrogen-bond acceptors (Lipinski definition) is 6. The maximum absolute atomic E-state index is 12.4. The molecule has 0 saturated carbocycles. The van der Waals surface area contributed by atoms with Crippen LogP contribution in [0.2, 0.25) is 0 Å². The molecule has 0 unspecified atom stereocenters. The normalized spacial score (nSPS) is 11.6. The minimum absolute atomic E-state index is 0.0605. The number of halogens is 3. The average molecular weight is 413 g/mol. The van der Waals surface area contributed by atoms with Crippen LogP contribution < -0.4 is 4.74 Å². The molecule has 0 saturated heterocycles. The van der Waals surface area contributed by atoms with E-state index < -0.39 is 6.36 Å². The Balaban J connectivity index is 1.43. The van der Waals surface area contributed by atoms with Crippen LogP contribution >= 0.6 is 0 Å². The van der Waals surface area contributed by atoms with E-state index >= 15 is 0 Å². The maximum Gasteiger partial charge on any atom is 0.573 e. The molecular formula is C21H14F3N3O3. The summed E-state index contributed by atoms with van der Waals surface area (Å²) in [5.74, 6) is -0.0932. The number of nitrogens with zero attached hydrogens (tertiary/aromatic N) is 3. The van der Waals surface area contributed by atoms with Gasteiger partial charge >= 0.3 is 6.36 Å². The molecular weight excluding hydrogens is 399 g/mol. The number of benzene rings is 1. The van der Waals surface area contributed by atoms with Crippen LogP contribution in [0.4, 0.5) is 13.2 Å². The smallest absolute Gasteiger partial charge is 0.434 e. The Hall–Kier alpha value is -3.75. The van der Waals surface area contributed by atoms with Gasteiger partial charge < -0.3 is 9.15 Å². The van der Waals surface area contributed by atoms with Crippen LogP contribution in [0.5, 0.6) is 5.75 Å². The number of fused-ring (bicyclic) bond motifs is 1. The van der Waals surface area contributed by atoms with Gasteiger partial charge in [-0.15, -0.1) is 13.2 Å². The van der Waals surface area contributed by atoms with Crippen molar-refractivity contribution in [1.29, 1.82) is 0 Å². The van der Waals surface area contributed by atoms with Crippen molar-refractivity contribution in [2.75, 3.05) is 0 Å². The van der Waals surface area contributed by atoms with Crippen molar-refractivity contribution in [2.24, 2.45) is 0 Å². The van der Waals surface area contributed by atoms with E-state index in [1.165, 1.54) is 24.3 Å². The predicted molar refractivity (Wildman–Crippen MR) is 101 cm³/mol. The molecule has 3 aromatic heterocycles. The standard InChI is InChI=1S/C21H14F3N3O3/c22-21(23,24)30-17-5-3-13(4-6-17)10-16(28)12-15-11-14(7-9-25-15)20-27-19-18(29-20)2-1-8-26-19/h1-9,11H,10,12H2. The Morgan fingerprint density at radius 1 is 1.00 bits per heavy atom. The first kappa shape index (κ1) is 19.6. The second-order valence-corrected chi connectivity index (χ2v) is 6.46. The number of carbonyl (C=O) groups excluding carboxylic acids is 1. The van der Waals surface area contributed by atoms with Gasteiger partial charge in [0.2, 0.25) is 5.89 Å². The number of pyridine rings is 2. The third kappa shape index (κ3) is 4.80. The molecule has 0 aliphatic heterocycles. The van der Waals surface area contributed by atoms with E-state index in [2.05, 4.69) is 19.7 Å². The molecule has 0 bridgehead atoms. The summed E-state index contributed by atoms with van der Waals surface area (Å²) in [7, 11) is 0. The summed E-state index contributed by atoms with van der Waals surface area (Å²) in [6, 6.07) is 12.1. The molecule has 152 valence electrons. The number of hydrogen-bond donors (Lipinski definition) is 0. The Bertz CT molecular complexity index is 1150. The first-order valence-corrected chi connectivity index (χ1v) is 8.89. The maximum atomic E-state index is 12.4. The number of carbonyl (C=O) groups is 1. The van der Waals surface area contributed by atoms with Gasteiger partial charge in [0.15, 0.2) is 11.2 Å². The van der Waals surface area contributed by atoms with E-state index in [9.17, 15) is 18.0 Å². The molecule has 0 amide bonds. The number of ether oxygens (including phenoxy) is 1. The average Bonchev–Trinajstić information content (AvgIpc) is 3.13. The summed E-state index contributed by atoms with van der Waals surface area (Å²) in [6.07, 6.45) is -1.45. The SMILES string of the molecule is O=C(Cc1ccc(OC(F)(F)F)cc1)Cc1cc(-c2nc3ncccc3o2)ccn1. The van der Waals surface area contributed by atoms with E-state index in [1.807, 2.05) is 0 Å². The minimum Gasteiger partial charge on any atom is -0.434 e. The molecule has 0 atom stereocenters. The number of oxazole rings is 1. The molecule has 0 aliphatic carbocycles. The zero-order valence-corrected chi connectivity index (χ0v) is 15.4. The number of rotatable bonds is 6. The molecule has 30 heavy (non-hydrogen) atoms. The van der Waals surface area contributed by atoms with Crippen LogP contribution in [0.25, 0.3) is 22.7 Å². The van der Waals surface area contributed by atoms with Gasteiger partial charge in [0, 0.05) is 36.5 Å². The highest BCUT2D eigenvalue weighted by molar-refractivity contribution is 5.83. The molecule has 4 aromatic rings. The fourth-order valence-corrected chi connectivity index (χ4v) is 2.90. The van der Waals surface area contributed by atoms with E-state index in [4.69, 9.17) is 4.42 Å². The lowest BCUT2D eigenvalue weighted by atomic mass is 10.0. The Kier molecular flexibility index (Phi) is 5.18. The Morgan fingerprint density at radius 3 is 2.53 bits per heavy atom. The van der Waals surface area contributed by atoms with Gasteiger partial charge in [0.25, 0.3) is 0 Å². The topological polar surface area (TPSA) is 78.1 Å². The van der Waals surface area contributed by atoms with Gasteiger partial charge in [0.05, 0.1) is 0 Å². The van der Waals surface area contributed by atoms with Crippen LogP contribution in [-0.2, 0) is 17.6 Å². The number of ketones is 1. The zero-order valence-electron chi connectivity index (χ0n) is 15.4. The minimum atomic E-state index is -4.75. The summed E-state index contributed by atoms with van der Waals surface area (Å²) in [5, 5.41) is 0. The number of alkyl halides is 3. The van der Waals surface area contributed by atoms with Crippen molar-refractivity contribution in [3.05, 3.63) is 72.2 Å². The van der Waals surface area contributed by atoms with Crippen molar-refractivity contribution in [1.82, 2.24) is 15.0 Å². The lowest BCUT2D eigenvalue weighted by Gasteiger charge is -2.09. The number of aromatic nitrogens is 3. The van der Waals surface area contributed by atoms with Crippen molar-refractivity contribution in [3.63, 3.8) is 0 Å². The van der Waals surface area contributed by atoms with E-state index in [1.54, 1.807) is 36.7 Å². The summed E-state index contributed by atoms with van der Waals surface area (Å²) in [5.41, 5.74) is 2.82. The first-order chi connectivity index (χ1) is 14.4. The molecule has 0 spiro atoms. The molecule has 0 radical (unpaired) electrons. The van der Waals surface area contributed by atoms with E-state index in [-0.39, 0.29) is 24.4 Å². The molecule has 9 heteroatoms. The van der Waals surface area contributed by atoms with Crippen molar-refractivity contribution in [3.8, 4) is 17.2 Å². The predicted octanol–water partition coefficient (Wildman–Crippen LogP) is 4.54. The van der Waals surface area contributed by atoms with Gasteiger partial charge in [0.1, 0.15) is 11.5 Å². The van der Waals surface area contributed by atoms with Gasteiger partial charge in [-0.3, -0.25) is 9.78 Å². The molecule has 0 N–H and O–H groups in total. The van der Waals surface area contributed by atoms with Gasteiger partial charge in [-0.05, 0) is 42.0 Å². The molecule has 4 rings (SSSR count). The highest BCUT2D eigenvalue weighted by atomic mass is 19.4. The van der Waals surface area contributed by atoms with E-state index in [0.29, 0.717) is 33.9 Å². The van der Waals surface area contributed by atoms with Crippen molar-refractivity contribution in [2.45, 2.75) is 19.2 Å².